The van der Waals surface area contributed by atoms with Gasteiger partial charge in [-0.25, -0.2) is 5.43 Å². The van der Waals surface area contributed by atoms with Crippen molar-refractivity contribution in [2.75, 3.05) is 53.9 Å². The molecule has 4 aromatic rings. The second kappa shape index (κ2) is 20.1. The molecule has 7 rings (SSSR count). The predicted molar refractivity (Wildman–Crippen MR) is 252 cm³/mol. The molecular weight excluding hydrogens is 837 g/mol. The summed E-state index contributed by atoms with van der Waals surface area (Å²) in [5.41, 5.74) is 8.91. The summed E-state index contributed by atoms with van der Waals surface area (Å²) < 4.78 is 8.35. The van der Waals surface area contributed by atoms with E-state index >= 15 is 0 Å². The topological polar surface area (TPSA) is 170 Å². The normalized spacial score (nSPS) is 20.4. The second-order valence-corrected chi connectivity index (χ2v) is 19.4. The monoisotopic (exact) mass is 900 g/mol. The third-order valence-electron chi connectivity index (χ3n) is 12.9. The number of esters is 1. The number of carbonyl (C=O) groups excluding carboxylic acids is 5. The smallest absolute Gasteiger partial charge is 0.324 e. The van der Waals surface area contributed by atoms with Crippen molar-refractivity contribution in [3.63, 3.8) is 0 Å². The standard InChI is InChI=1S/C51H64N8O7/c1-9-58-43-17-16-34-27-39(43)40(46(58)35-13-10-19-52-29-35)28-51(4,5)31-66-50(65)41-14-11-21-59(54-41)49(64)42(25-33-23-37(34)26-38(60)24-33)53-47(62)45(32(2)3)56(8)48(63)36-18-22-57(30-36)44(61)15-12-20-55(6)7/h10,13,16-17,19,23-24,26-27,29,32,36,41-42,45,54,60H,9,11,14,18,20-22,25,28,30-31H2,1-8H3,(H,53,62)/t36-,41-,42?,45-/m0/s1. The molecule has 1 unspecified atom stereocenters. The molecule has 2 aromatic carbocycles. The van der Waals surface area contributed by atoms with E-state index in [-0.39, 0.29) is 49.6 Å². The van der Waals surface area contributed by atoms with Crippen LogP contribution in [0, 0.1) is 29.1 Å². The van der Waals surface area contributed by atoms with Gasteiger partial charge >= 0.3 is 5.97 Å². The Bertz CT molecular complexity index is 2540. The first-order valence-electron chi connectivity index (χ1n) is 23.1. The van der Waals surface area contributed by atoms with Crippen molar-refractivity contribution in [2.24, 2.45) is 17.3 Å². The molecule has 350 valence electrons. The van der Waals surface area contributed by atoms with Crippen molar-refractivity contribution in [2.45, 2.75) is 91.4 Å². The largest absolute Gasteiger partial charge is 0.508 e. The number of nitrogens with zero attached hydrogens (tertiary/aromatic N) is 6. The van der Waals surface area contributed by atoms with Crippen LogP contribution in [-0.2, 0) is 48.1 Å². The van der Waals surface area contributed by atoms with Crippen LogP contribution in [0.3, 0.4) is 0 Å². The van der Waals surface area contributed by atoms with Crippen LogP contribution >= 0.6 is 0 Å². The Kier molecular flexibility index (Phi) is 14.5. The molecule has 6 bridgehead atoms. The van der Waals surface area contributed by atoms with Gasteiger partial charge in [0.1, 0.15) is 23.9 Å². The summed E-state index contributed by atoms with van der Waals surface area (Å²) in [7, 11) is 5.32. The van der Waals surface area contributed by atoms with Crippen LogP contribution in [0.5, 0.6) is 5.75 Å². The van der Waals surface area contributed by atoms with E-state index in [0.29, 0.717) is 50.9 Å². The number of likely N-dealkylation sites (N-methyl/N-ethyl adjacent to an activating group) is 1. The van der Waals surface area contributed by atoms with Gasteiger partial charge in [0.05, 0.1) is 24.8 Å². The van der Waals surface area contributed by atoms with E-state index in [0.717, 1.165) is 38.9 Å². The number of nitrogens with one attached hydrogen (secondary N) is 2. The number of cyclic esters (lactones) is 1. The summed E-state index contributed by atoms with van der Waals surface area (Å²) in [5.74, 6) is 2.55. The van der Waals surface area contributed by atoms with Gasteiger partial charge in [0.25, 0.3) is 11.8 Å². The van der Waals surface area contributed by atoms with Crippen molar-refractivity contribution in [1.29, 1.82) is 0 Å². The summed E-state index contributed by atoms with van der Waals surface area (Å²) >= 11 is 0. The highest BCUT2D eigenvalue weighted by Crippen LogP contribution is 2.40. The molecule has 0 spiro atoms. The molecule has 5 heterocycles. The maximum Gasteiger partial charge on any atom is 0.324 e. The van der Waals surface area contributed by atoms with E-state index in [2.05, 4.69) is 71.1 Å². The number of aromatic nitrogens is 2. The van der Waals surface area contributed by atoms with E-state index in [1.54, 1.807) is 30.3 Å². The number of fused-ring (bicyclic) bond motifs is 6. The molecule has 15 nitrogen and oxygen atoms in total. The fourth-order valence-corrected chi connectivity index (χ4v) is 9.64. The van der Waals surface area contributed by atoms with Crippen molar-refractivity contribution in [3.8, 4) is 40.0 Å². The summed E-state index contributed by atoms with van der Waals surface area (Å²) in [6.07, 6.45) is 5.59. The van der Waals surface area contributed by atoms with Gasteiger partial charge in [-0.3, -0.25) is 38.9 Å². The lowest BCUT2D eigenvalue weighted by Gasteiger charge is -2.37. The molecule has 2 fully saturated rings. The number of benzene rings is 2. The number of phenolic OH excluding ortho intramolecular Hbond substituents is 1. The van der Waals surface area contributed by atoms with Gasteiger partial charge in [-0.05, 0) is 117 Å². The van der Waals surface area contributed by atoms with E-state index in [1.807, 2.05) is 57.2 Å². The summed E-state index contributed by atoms with van der Waals surface area (Å²) in [4.78, 5) is 79.3. The van der Waals surface area contributed by atoms with Crippen LogP contribution in [-0.4, -0.2) is 136 Å². The van der Waals surface area contributed by atoms with E-state index in [1.165, 1.54) is 9.91 Å². The third kappa shape index (κ3) is 10.6. The highest BCUT2D eigenvalue weighted by molar-refractivity contribution is 5.97. The Labute approximate surface area is 387 Å². The van der Waals surface area contributed by atoms with Crippen LogP contribution < -0.4 is 10.7 Å². The highest BCUT2D eigenvalue weighted by Gasteiger charge is 2.40. The van der Waals surface area contributed by atoms with E-state index < -0.39 is 47.2 Å². The minimum Gasteiger partial charge on any atom is -0.508 e. The van der Waals surface area contributed by atoms with Gasteiger partial charge in [0.15, 0.2) is 0 Å². The molecule has 2 aromatic heterocycles. The molecule has 0 aliphatic carbocycles. The molecule has 4 atom stereocenters. The number of hydrogen-bond donors (Lipinski definition) is 3. The maximum absolute atomic E-state index is 14.7. The zero-order valence-electron chi connectivity index (χ0n) is 39.5. The van der Waals surface area contributed by atoms with Crippen molar-refractivity contribution in [1.82, 2.24) is 40.0 Å². The molecule has 0 radical (unpaired) electrons. The van der Waals surface area contributed by atoms with Crippen LogP contribution in [0.1, 0.15) is 65.0 Å². The van der Waals surface area contributed by atoms with Crippen LogP contribution in [0.2, 0.25) is 0 Å². The fourth-order valence-electron chi connectivity index (χ4n) is 9.64. The lowest BCUT2D eigenvalue weighted by molar-refractivity contribution is -0.155. The van der Waals surface area contributed by atoms with Crippen molar-refractivity contribution >= 4 is 40.5 Å². The maximum atomic E-state index is 14.7. The molecule has 4 amide bonds. The molecular formula is C51H64N8O7. The molecule has 15 heteroatoms. The number of aromatic hydroxyl groups is 1. The SMILES string of the molecule is CCn1c(-c2cccnc2)c2c3cc(ccc31)-c1cc(O)cc(c1)CC(NC(=O)[C@H](C(C)C)N(C)C(=O)[C@H]1CCN(C(=O)C#CCN(C)C)C1)C(=O)N1CCC[C@H](N1)C(=O)OCC(C)(C)C2. The van der Waals surface area contributed by atoms with Crippen molar-refractivity contribution in [3.05, 3.63) is 72.1 Å². The second-order valence-electron chi connectivity index (χ2n) is 19.4. The van der Waals surface area contributed by atoms with Gasteiger partial charge in [-0.2, -0.15) is 0 Å². The minimum absolute atomic E-state index is 0.00451. The average Bonchev–Trinajstić information content (AvgIpc) is 3.90. The number of phenols is 1. The van der Waals surface area contributed by atoms with Gasteiger partial charge in [0, 0.05) is 73.9 Å². The van der Waals surface area contributed by atoms with Crippen molar-refractivity contribution < 1.29 is 33.8 Å². The Morgan fingerprint density at radius 1 is 1.03 bits per heavy atom. The zero-order valence-corrected chi connectivity index (χ0v) is 39.5. The summed E-state index contributed by atoms with van der Waals surface area (Å²) in [6.45, 7) is 12.1. The Morgan fingerprint density at radius 3 is 2.53 bits per heavy atom. The lowest BCUT2D eigenvalue weighted by atomic mass is 9.84. The quantitative estimate of drug-likeness (QED) is 0.167. The van der Waals surface area contributed by atoms with E-state index in [4.69, 9.17) is 4.74 Å². The molecule has 3 aliphatic rings. The number of likely N-dealkylation sites (tertiary alicyclic amines) is 1. The van der Waals surface area contributed by atoms with Crippen LogP contribution in [0.4, 0.5) is 0 Å². The lowest BCUT2D eigenvalue weighted by Crippen LogP contribution is -2.62. The number of carbonyl (C=O) groups is 5. The molecule has 3 aliphatic heterocycles. The number of hydrazine groups is 1. The Hall–Kier alpha value is -6.24. The first-order chi connectivity index (χ1) is 31.4. The van der Waals surface area contributed by atoms with Crippen LogP contribution in [0.15, 0.2) is 60.9 Å². The number of amides is 4. The predicted octanol–water partition coefficient (Wildman–Crippen LogP) is 4.64. The van der Waals surface area contributed by atoms with Crippen LogP contribution in [0.25, 0.3) is 33.3 Å². The van der Waals surface area contributed by atoms with Gasteiger partial charge in [0.2, 0.25) is 11.8 Å². The fraction of sp³-hybridized carbons (Fsp3) is 0.490. The summed E-state index contributed by atoms with van der Waals surface area (Å²) in [5, 5.41) is 16.7. The first kappa shape index (κ1) is 47.7. The van der Waals surface area contributed by atoms with Gasteiger partial charge in [-0.15, -0.1) is 0 Å². The minimum atomic E-state index is -1.16. The Morgan fingerprint density at radius 2 is 1.82 bits per heavy atom. The molecule has 66 heavy (non-hydrogen) atoms. The zero-order chi connectivity index (χ0) is 47.4. The third-order valence-corrected chi connectivity index (χ3v) is 12.9. The number of pyridine rings is 1. The number of aryl methyl sites for hydroxylation is 1. The first-order valence-corrected chi connectivity index (χ1v) is 23.1. The average molecular weight is 901 g/mol. The van der Waals surface area contributed by atoms with E-state index in [9.17, 15) is 29.1 Å². The number of rotatable bonds is 8. The molecule has 2 saturated heterocycles. The summed E-state index contributed by atoms with van der Waals surface area (Å²) in [6, 6.07) is 12.5. The molecule has 0 saturated carbocycles. The molecule has 3 N–H and O–H groups in total. The van der Waals surface area contributed by atoms with Gasteiger partial charge in [-0.1, -0.05) is 45.7 Å². The highest BCUT2D eigenvalue weighted by atomic mass is 16.5. The number of hydrogen-bond acceptors (Lipinski definition) is 10. The Balaban J connectivity index is 1.23. The number of ether oxygens (including phenoxy) is 1. The van der Waals surface area contributed by atoms with Gasteiger partial charge < -0.3 is 29.5 Å².